The summed E-state index contributed by atoms with van der Waals surface area (Å²) in [5.74, 6) is 0. The van der Waals surface area contributed by atoms with Crippen LogP contribution in [0.5, 0.6) is 0 Å². The zero-order chi connectivity index (χ0) is 10.5. The fourth-order valence-electron chi connectivity index (χ4n) is 1.56. The summed E-state index contributed by atoms with van der Waals surface area (Å²) in [7, 11) is 0.776. The third kappa shape index (κ3) is 2.91. The molecule has 1 heteroatoms. The second kappa shape index (κ2) is 5.09. The Balaban J connectivity index is 2.17. The predicted octanol–water partition coefficient (Wildman–Crippen LogP) is 2.88. The fourth-order valence-corrected chi connectivity index (χ4v) is 2.69. The number of benzene rings is 2. The minimum atomic E-state index is 0.776. The molecule has 0 amide bonds. The van der Waals surface area contributed by atoms with E-state index in [2.05, 4.69) is 61.5 Å². The molecule has 15 heavy (non-hydrogen) atoms. The van der Waals surface area contributed by atoms with Gasteiger partial charge in [0.2, 0.25) is 0 Å². The molecule has 76 valence electrons. The average molecular weight is 214 g/mol. The van der Waals surface area contributed by atoms with Gasteiger partial charge in [0.05, 0.1) is 0 Å². The van der Waals surface area contributed by atoms with Gasteiger partial charge in [0.1, 0.15) is 0 Å². The molecule has 2 aromatic carbocycles. The topological polar surface area (TPSA) is 0 Å². The first-order valence-corrected chi connectivity index (χ1v) is 6.29. The quantitative estimate of drug-likeness (QED) is 0.689. The maximum atomic E-state index is 2.31. The second-order valence-corrected chi connectivity index (χ2v) is 4.95. The Bertz CT molecular complexity index is 420. The lowest BCUT2D eigenvalue weighted by Gasteiger charge is -2.03. The molecule has 0 aliphatic rings. The third-order valence-corrected chi connectivity index (χ3v) is 3.62. The Hall–Kier alpha value is -1.13. The molecule has 0 bridgehead atoms. The zero-order valence-electron chi connectivity index (χ0n) is 8.90. The van der Waals surface area contributed by atoms with Crippen LogP contribution in [0.2, 0.25) is 0 Å². The lowest BCUT2D eigenvalue weighted by molar-refractivity contribution is 1.14. The number of hydrogen-bond acceptors (Lipinski definition) is 0. The summed E-state index contributed by atoms with van der Waals surface area (Å²) in [4.78, 5) is 0. The molecule has 0 radical (unpaired) electrons. The molecule has 1 unspecified atom stereocenters. The van der Waals surface area contributed by atoms with Crippen molar-refractivity contribution in [3.63, 3.8) is 0 Å². The predicted molar refractivity (Wildman–Crippen MR) is 69.8 cm³/mol. The van der Waals surface area contributed by atoms with E-state index < -0.39 is 0 Å². The van der Waals surface area contributed by atoms with Crippen LogP contribution in [0.3, 0.4) is 0 Å². The van der Waals surface area contributed by atoms with Crippen molar-refractivity contribution in [3.05, 3.63) is 60.2 Å². The molecule has 2 aromatic rings. The van der Waals surface area contributed by atoms with Gasteiger partial charge in [-0.3, -0.25) is 0 Å². The zero-order valence-corrected chi connectivity index (χ0v) is 9.90. The monoisotopic (exact) mass is 214 g/mol. The number of rotatable bonds is 3. The average Bonchev–Trinajstić information content (AvgIpc) is 2.31. The van der Waals surface area contributed by atoms with Crippen LogP contribution < -0.4 is 10.6 Å². The van der Waals surface area contributed by atoms with E-state index in [0.29, 0.717) is 0 Å². The van der Waals surface area contributed by atoms with E-state index in [4.69, 9.17) is 0 Å². The highest BCUT2D eigenvalue weighted by molar-refractivity contribution is 7.55. The van der Waals surface area contributed by atoms with Crippen LogP contribution in [-0.4, -0.2) is 0 Å². The van der Waals surface area contributed by atoms with Crippen molar-refractivity contribution in [2.45, 2.75) is 13.3 Å². The highest BCUT2D eigenvalue weighted by atomic mass is 31.1. The standard InChI is InChI=1S/C14H15P/c1-2-12-7-6-10-14(11-12)15-13-8-4-3-5-9-13/h3-11,15H,2H2,1H3. The molecule has 0 aromatic heterocycles. The summed E-state index contributed by atoms with van der Waals surface area (Å²) in [5, 5.41) is 2.84. The molecule has 0 spiro atoms. The highest BCUT2D eigenvalue weighted by Gasteiger charge is 1.96. The van der Waals surface area contributed by atoms with E-state index in [-0.39, 0.29) is 0 Å². The summed E-state index contributed by atoms with van der Waals surface area (Å²) in [5.41, 5.74) is 1.43. The van der Waals surface area contributed by atoms with Crippen molar-refractivity contribution in [3.8, 4) is 0 Å². The van der Waals surface area contributed by atoms with E-state index >= 15 is 0 Å². The Labute approximate surface area is 93.1 Å². The van der Waals surface area contributed by atoms with Gasteiger partial charge in [0, 0.05) is 0 Å². The molecule has 0 aliphatic carbocycles. The van der Waals surface area contributed by atoms with Crippen LogP contribution in [0.1, 0.15) is 12.5 Å². The maximum absolute atomic E-state index is 2.31. The summed E-state index contributed by atoms with van der Waals surface area (Å²) >= 11 is 0. The lowest BCUT2D eigenvalue weighted by atomic mass is 10.2. The van der Waals surface area contributed by atoms with Gasteiger partial charge >= 0.3 is 0 Å². The Morgan fingerprint density at radius 2 is 1.60 bits per heavy atom. The minimum absolute atomic E-state index is 0.776. The van der Waals surface area contributed by atoms with Crippen molar-refractivity contribution >= 4 is 19.2 Å². The van der Waals surface area contributed by atoms with Crippen molar-refractivity contribution < 1.29 is 0 Å². The van der Waals surface area contributed by atoms with Gasteiger partial charge in [0.15, 0.2) is 0 Å². The molecular formula is C14H15P. The van der Waals surface area contributed by atoms with Crippen LogP contribution in [0.4, 0.5) is 0 Å². The first kappa shape index (κ1) is 10.4. The first-order valence-electron chi connectivity index (χ1n) is 5.29. The first-order chi connectivity index (χ1) is 7.38. The molecule has 0 saturated heterocycles. The molecule has 0 aliphatic heterocycles. The van der Waals surface area contributed by atoms with Crippen molar-refractivity contribution in [2.24, 2.45) is 0 Å². The van der Waals surface area contributed by atoms with Gasteiger partial charge in [-0.1, -0.05) is 70.1 Å². The minimum Gasteiger partial charge on any atom is -0.0622 e. The summed E-state index contributed by atoms with van der Waals surface area (Å²) < 4.78 is 0. The summed E-state index contributed by atoms with van der Waals surface area (Å²) in [6.45, 7) is 2.20. The molecule has 0 fully saturated rings. The van der Waals surface area contributed by atoms with Gasteiger partial charge in [-0.15, -0.1) is 0 Å². The largest absolute Gasteiger partial charge is 0.0622 e. The molecule has 0 N–H and O–H groups in total. The summed E-state index contributed by atoms with van der Waals surface area (Å²) in [6, 6.07) is 19.5. The van der Waals surface area contributed by atoms with Crippen molar-refractivity contribution in [1.82, 2.24) is 0 Å². The maximum Gasteiger partial charge on any atom is -0.0223 e. The van der Waals surface area contributed by atoms with E-state index in [0.717, 1.165) is 15.0 Å². The smallest absolute Gasteiger partial charge is 0.0223 e. The van der Waals surface area contributed by atoms with E-state index in [1.165, 1.54) is 16.2 Å². The molecule has 2 rings (SSSR count). The fraction of sp³-hybridized carbons (Fsp3) is 0.143. The molecule has 1 atom stereocenters. The van der Waals surface area contributed by atoms with Crippen molar-refractivity contribution in [2.75, 3.05) is 0 Å². The second-order valence-electron chi connectivity index (χ2n) is 3.54. The van der Waals surface area contributed by atoms with Gasteiger partial charge < -0.3 is 0 Å². The van der Waals surface area contributed by atoms with Crippen LogP contribution in [0.15, 0.2) is 54.6 Å². The van der Waals surface area contributed by atoms with Gasteiger partial charge in [-0.05, 0) is 22.6 Å². The Morgan fingerprint density at radius 1 is 0.867 bits per heavy atom. The third-order valence-electron chi connectivity index (χ3n) is 2.40. The van der Waals surface area contributed by atoms with Gasteiger partial charge in [-0.2, -0.15) is 0 Å². The van der Waals surface area contributed by atoms with Crippen LogP contribution in [0, 0.1) is 0 Å². The van der Waals surface area contributed by atoms with Gasteiger partial charge in [-0.25, -0.2) is 0 Å². The van der Waals surface area contributed by atoms with E-state index in [1.807, 2.05) is 0 Å². The normalized spacial score (nSPS) is 11.0. The number of aryl methyl sites for hydroxylation is 1. The molecule has 0 heterocycles. The molecule has 0 saturated carbocycles. The summed E-state index contributed by atoms with van der Waals surface area (Å²) in [6.07, 6.45) is 1.12. The molecular weight excluding hydrogens is 199 g/mol. The van der Waals surface area contributed by atoms with Gasteiger partial charge in [0.25, 0.3) is 0 Å². The SMILES string of the molecule is CCc1cccc(Pc2ccccc2)c1. The van der Waals surface area contributed by atoms with Crippen molar-refractivity contribution in [1.29, 1.82) is 0 Å². The highest BCUT2D eigenvalue weighted by Crippen LogP contribution is 2.11. The lowest BCUT2D eigenvalue weighted by Crippen LogP contribution is -2.03. The number of hydrogen-bond donors (Lipinski definition) is 0. The Kier molecular flexibility index (Phi) is 3.53. The van der Waals surface area contributed by atoms with E-state index in [1.54, 1.807) is 0 Å². The van der Waals surface area contributed by atoms with Crippen LogP contribution in [-0.2, 0) is 6.42 Å². The van der Waals surface area contributed by atoms with E-state index in [9.17, 15) is 0 Å². The molecule has 0 nitrogen and oxygen atoms in total. The Morgan fingerprint density at radius 3 is 2.33 bits per heavy atom. The van der Waals surface area contributed by atoms with Crippen LogP contribution >= 0.6 is 8.58 Å². The van der Waals surface area contributed by atoms with Crippen LogP contribution in [0.25, 0.3) is 0 Å².